The summed E-state index contributed by atoms with van der Waals surface area (Å²) in [5.74, 6) is 0.580. The number of pyridine rings is 1. The van der Waals surface area contributed by atoms with E-state index in [0.29, 0.717) is 23.7 Å². The van der Waals surface area contributed by atoms with Crippen LogP contribution in [0.5, 0.6) is 0 Å². The normalized spacial score (nSPS) is 24.4. The Bertz CT molecular complexity index is 915. The highest BCUT2D eigenvalue weighted by atomic mass is 35.5. The van der Waals surface area contributed by atoms with Gasteiger partial charge < -0.3 is 14.7 Å². The van der Waals surface area contributed by atoms with Gasteiger partial charge in [-0.05, 0) is 50.0 Å². The monoisotopic (exact) mass is 418 g/mol. The summed E-state index contributed by atoms with van der Waals surface area (Å²) in [6, 6.07) is 3.02. The lowest BCUT2D eigenvalue weighted by molar-refractivity contribution is 0.0750. The molecule has 2 aliphatic heterocycles. The number of halogens is 1. The molecular weight excluding hydrogens is 388 g/mol. The number of nitrogens with one attached hydrogen (secondary N) is 1. The summed E-state index contributed by atoms with van der Waals surface area (Å²) in [5, 5.41) is 8.82. The van der Waals surface area contributed by atoms with Gasteiger partial charge in [0.05, 0.1) is 16.6 Å². The number of carbonyl (C=O) groups excluding carboxylic acids is 1. The average Bonchev–Trinajstić information content (AvgIpc) is 3.32. The standard InChI is InChI=1S/C22H30N4O2.ClH/c1-22(2,3)11-18-19-16(10-17(13-4-5-13)24-20(19)28-25-18)21(27)26-9-8-14-6-7-15(12-26)23-14;/h10,13-15,23H,4-9,11-12H2,1-3H3;1H. The quantitative estimate of drug-likeness (QED) is 0.813. The second kappa shape index (κ2) is 7.55. The van der Waals surface area contributed by atoms with E-state index in [2.05, 4.69) is 31.2 Å². The Kier molecular flexibility index (Phi) is 5.36. The number of hydrogen-bond acceptors (Lipinski definition) is 5. The van der Waals surface area contributed by atoms with Gasteiger partial charge in [-0.15, -0.1) is 12.4 Å². The Balaban J connectivity index is 0.00000205. The Morgan fingerprint density at radius 1 is 1.21 bits per heavy atom. The van der Waals surface area contributed by atoms with E-state index < -0.39 is 0 Å². The minimum atomic E-state index is 0. The highest BCUT2D eigenvalue weighted by molar-refractivity contribution is 6.06. The number of carbonyl (C=O) groups is 1. The zero-order valence-corrected chi connectivity index (χ0v) is 18.3. The summed E-state index contributed by atoms with van der Waals surface area (Å²) >= 11 is 0. The number of amides is 1. The van der Waals surface area contributed by atoms with Crippen LogP contribution in [-0.4, -0.2) is 46.1 Å². The van der Waals surface area contributed by atoms with E-state index in [1.165, 1.54) is 6.42 Å². The molecule has 4 heterocycles. The maximum absolute atomic E-state index is 13.7. The van der Waals surface area contributed by atoms with Crippen molar-refractivity contribution >= 4 is 29.4 Å². The van der Waals surface area contributed by atoms with Gasteiger partial charge in [-0.25, -0.2) is 4.98 Å². The van der Waals surface area contributed by atoms with Crippen molar-refractivity contribution in [2.45, 2.75) is 77.3 Å². The molecule has 1 amide bonds. The molecule has 2 atom stereocenters. The maximum atomic E-state index is 13.7. The number of nitrogens with zero attached hydrogens (tertiary/aromatic N) is 3. The third-order valence-corrected chi connectivity index (χ3v) is 6.27. The molecule has 3 aliphatic rings. The van der Waals surface area contributed by atoms with E-state index in [-0.39, 0.29) is 23.7 Å². The van der Waals surface area contributed by atoms with Crippen molar-refractivity contribution in [2.75, 3.05) is 13.1 Å². The average molecular weight is 419 g/mol. The highest BCUT2D eigenvalue weighted by Gasteiger charge is 2.34. The molecule has 2 saturated heterocycles. The zero-order valence-electron chi connectivity index (χ0n) is 17.5. The van der Waals surface area contributed by atoms with Crippen LogP contribution in [0.15, 0.2) is 10.6 Å². The van der Waals surface area contributed by atoms with Gasteiger partial charge in [0.2, 0.25) is 0 Å². The van der Waals surface area contributed by atoms with Crippen molar-refractivity contribution < 1.29 is 9.32 Å². The van der Waals surface area contributed by atoms with Crippen LogP contribution in [0.3, 0.4) is 0 Å². The predicted molar refractivity (Wildman–Crippen MR) is 115 cm³/mol. The third-order valence-electron chi connectivity index (χ3n) is 6.27. The first-order valence-electron chi connectivity index (χ1n) is 10.7. The first-order chi connectivity index (χ1) is 13.4. The van der Waals surface area contributed by atoms with Gasteiger partial charge in [0.25, 0.3) is 11.6 Å². The largest absolute Gasteiger partial charge is 0.337 e. The van der Waals surface area contributed by atoms with Gasteiger partial charge in [-0.3, -0.25) is 4.79 Å². The van der Waals surface area contributed by atoms with Gasteiger partial charge in [-0.2, -0.15) is 0 Å². The van der Waals surface area contributed by atoms with Crippen molar-refractivity contribution in [1.82, 2.24) is 20.4 Å². The van der Waals surface area contributed by atoms with Crippen LogP contribution in [0.25, 0.3) is 11.1 Å². The molecule has 2 unspecified atom stereocenters. The summed E-state index contributed by atoms with van der Waals surface area (Å²) in [4.78, 5) is 20.4. The molecule has 1 saturated carbocycles. The molecule has 1 N–H and O–H groups in total. The van der Waals surface area contributed by atoms with Crippen LogP contribution < -0.4 is 5.32 Å². The summed E-state index contributed by atoms with van der Waals surface area (Å²) in [7, 11) is 0. The highest BCUT2D eigenvalue weighted by Crippen LogP contribution is 2.41. The molecular formula is C22H31ClN4O2. The third kappa shape index (κ3) is 4.15. The molecule has 2 aromatic rings. The van der Waals surface area contributed by atoms with Crippen molar-refractivity contribution in [2.24, 2.45) is 5.41 Å². The number of rotatable bonds is 3. The first kappa shape index (κ1) is 20.6. The zero-order chi connectivity index (χ0) is 19.5. The summed E-state index contributed by atoms with van der Waals surface area (Å²) < 4.78 is 5.62. The van der Waals surface area contributed by atoms with Gasteiger partial charge in [-0.1, -0.05) is 25.9 Å². The number of likely N-dealkylation sites (tertiary alicyclic amines) is 1. The fourth-order valence-corrected chi connectivity index (χ4v) is 4.71. The van der Waals surface area contributed by atoms with Crippen LogP contribution in [0.1, 0.15) is 80.5 Å². The molecule has 29 heavy (non-hydrogen) atoms. The molecule has 2 bridgehead atoms. The second-order valence-electron chi connectivity index (χ2n) is 10.1. The molecule has 0 radical (unpaired) electrons. The Morgan fingerprint density at radius 3 is 2.69 bits per heavy atom. The molecule has 5 rings (SSSR count). The molecule has 158 valence electrons. The van der Waals surface area contributed by atoms with E-state index in [1.807, 2.05) is 11.0 Å². The van der Waals surface area contributed by atoms with Gasteiger partial charge >= 0.3 is 0 Å². The van der Waals surface area contributed by atoms with Crippen molar-refractivity contribution in [3.63, 3.8) is 0 Å². The van der Waals surface area contributed by atoms with Crippen LogP contribution >= 0.6 is 12.4 Å². The van der Waals surface area contributed by atoms with Crippen molar-refractivity contribution in [1.29, 1.82) is 0 Å². The minimum absolute atomic E-state index is 0. The van der Waals surface area contributed by atoms with Crippen molar-refractivity contribution in [3.8, 4) is 0 Å². The van der Waals surface area contributed by atoms with Crippen LogP contribution in [-0.2, 0) is 6.42 Å². The predicted octanol–water partition coefficient (Wildman–Crippen LogP) is 4.08. The second-order valence-corrected chi connectivity index (χ2v) is 10.1. The summed E-state index contributed by atoms with van der Waals surface area (Å²) in [6.07, 6.45) is 6.48. The Morgan fingerprint density at radius 2 is 1.97 bits per heavy atom. The number of hydrogen-bond donors (Lipinski definition) is 1. The summed E-state index contributed by atoms with van der Waals surface area (Å²) in [5.41, 5.74) is 3.18. The van der Waals surface area contributed by atoms with E-state index in [1.54, 1.807) is 0 Å². The van der Waals surface area contributed by atoms with Gasteiger partial charge in [0.15, 0.2) is 0 Å². The maximum Gasteiger partial charge on any atom is 0.259 e. The lowest BCUT2D eigenvalue weighted by atomic mass is 9.89. The van der Waals surface area contributed by atoms with Gasteiger partial charge in [0.1, 0.15) is 0 Å². The smallest absolute Gasteiger partial charge is 0.259 e. The Labute approximate surface area is 178 Å². The summed E-state index contributed by atoms with van der Waals surface area (Å²) in [6.45, 7) is 8.14. The SMILES string of the molecule is CC(C)(C)Cc1noc2nc(C3CC3)cc(C(=O)N3CCC4CCC(C3)N4)c12.Cl. The topological polar surface area (TPSA) is 71.3 Å². The fourth-order valence-electron chi connectivity index (χ4n) is 4.71. The van der Waals surface area contributed by atoms with Crippen LogP contribution in [0.2, 0.25) is 0 Å². The minimum Gasteiger partial charge on any atom is -0.337 e. The molecule has 0 aromatic carbocycles. The van der Waals surface area contributed by atoms with E-state index in [9.17, 15) is 4.79 Å². The van der Waals surface area contributed by atoms with E-state index >= 15 is 0 Å². The number of aromatic nitrogens is 2. The van der Waals surface area contributed by atoms with Crippen molar-refractivity contribution in [3.05, 3.63) is 23.0 Å². The fraction of sp³-hybridized carbons (Fsp3) is 0.682. The lowest BCUT2D eigenvalue weighted by Gasteiger charge is -2.25. The Hall–Kier alpha value is -1.66. The number of fused-ring (bicyclic) bond motifs is 3. The molecule has 3 fully saturated rings. The molecule has 6 nitrogen and oxygen atoms in total. The molecule has 2 aromatic heterocycles. The van der Waals surface area contributed by atoms with Crippen LogP contribution in [0, 0.1) is 5.41 Å². The molecule has 0 spiro atoms. The van der Waals surface area contributed by atoms with E-state index in [0.717, 1.165) is 67.5 Å². The molecule has 1 aliphatic carbocycles. The lowest BCUT2D eigenvalue weighted by Crippen LogP contribution is -2.39. The van der Waals surface area contributed by atoms with E-state index in [4.69, 9.17) is 9.51 Å². The first-order valence-corrected chi connectivity index (χ1v) is 10.7. The molecule has 7 heteroatoms. The van der Waals surface area contributed by atoms with Gasteiger partial charge in [0, 0.05) is 36.8 Å². The van der Waals surface area contributed by atoms with Crippen LogP contribution in [0.4, 0.5) is 0 Å².